The first-order valence-electron chi connectivity index (χ1n) is 10.6. The van der Waals surface area contributed by atoms with E-state index in [-0.39, 0.29) is 23.7 Å². The Balaban J connectivity index is 1.68. The zero-order valence-electron chi connectivity index (χ0n) is 18.2. The zero-order valence-corrected chi connectivity index (χ0v) is 19.0. The minimum atomic E-state index is -0.307. The Morgan fingerprint density at radius 3 is 2.36 bits per heavy atom. The summed E-state index contributed by atoms with van der Waals surface area (Å²) in [4.78, 5) is 6.58. The molecule has 0 spiro atoms. The SMILES string of the molecule is Cc1cc([C@@H]2[C@@H](c3ccccn3)NC(=S)N2c2ccc(F)cc2)c(C)n1-c1cccc(F)c1. The topological polar surface area (TPSA) is 33.1 Å². The number of aromatic nitrogens is 2. The number of pyridine rings is 1. The molecule has 1 fully saturated rings. The highest BCUT2D eigenvalue weighted by atomic mass is 32.1. The third-order valence-corrected chi connectivity index (χ3v) is 6.37. The normalized spacial score (nSPS) is 17.9. The van der Waals surface area contributed by atoms with E-state index in [9.17, 15) is 8.78 Å². The average Bonchev–Trinajstić information content (AvgIpc) is 3.30. The van der Waals surface area contributed by atoms with Crippen molar-refractivity contribution in [2.75, 3.05) is 4.90 Å². The number of halogens is 2. The van der Waals surface area contributed by atoms with E-state index < -0.39 is 0 Å². The van der Waals surface area contributed by atoms with Crippen molar-refractivity contribution in [3.05, 3.63) is 113 Å². The van der Waals surface area contributed by atoms with E-state index in [0.29, 0.717) is 5.11 Å². The lowest BCUT2D eigenvalue weighted by atomic mass is 9.96. The number of anilines is 1. The molecule has 33 heavy (non-hydrogen) atoms. The van der Waals surface area contributed by atoms with Gasteiger partial charge in [0.1, 0.15) is 11.6 Å². The van der Waals surface area contributed by atoms with Crippen molar-refractivity contribution in [2.24, 2.45) is 0 Å². The minimum absolute atomic E-state index is 0.217. The Kier molecular flexibility index (Phi) is 5.42. The van der Waals surface area contributed by atoms with Gasteiger partial charge in [0.2, 0.25) is 0 Å². The van der Waals surface area contributed by atoms with E-state index >= 15 is 0 Å². The Bertz CT molecular complexity index is 1320. The highest BCUT2D eigenvalue weighted by molar-refractivity contribution is 7.80. The van der Waals surface area contributed by atoms with E-state index in [1.165, 1.54) is 24.3 Å². The van der Waals surface area contributed by atoms with E-state index in [2.05, 4.69) is 16.4 Å². The Hall–Kier alpha value is -3.58. The van der Waals surface area contributed by atoms with E-state index in [1.807, 2.05) is 47.6 Å². The largest absolute Gasteiger partial charge is 0.351 e. The van der Waals surface area contributed by atoms with Crippen molar-refractivity contribution < 1.29 is 8.78 Å². The van der Waals surface area contributed by atoms with Gasteiger partial charge in [0.05, 0.1) is 17.8 Å². The van der Waals surface area contributed by atoms with Crippen LogP contribution in [0.4, 0.5) is 14.5 Å². The van der Waals surface area contributed by atoms with Crippen LogP contribution in [0, 0.1) is 25.5 Å². The van der Waals surface area contributed by atoms with Gasteiger partial charge in [-0.2, -0.15) is 0 Å². The molecule has 1 N–H and O–H groups in total. The molecule has 0 bridgehead atoms. The second kappa shape index (κ2) is 8.41. The summed E-state index contributed by atoms with van der Waals surface area (Å²) in [5, 5.41) is 3.96. The van der Waals surface area contributed by atoms with Crippen molar-refractivity contribution in [2.45, 2.75) is 25.9 Å². The van der Waals surface area contributed by atoms with Crippen LogP contribution in [0.1, 0.15) is 34.7 Å². The van der Waals surface area contributed by atoms with Gasteiger partial charge in [0, 0.05) is 29.0 Å². The minimum Gasteiger partial charge on any atom is -0.351 e. The van der Waals surface area contributed by atoms with Gasteiger partial charge in [-0.05, 0) is 92.3 Å². The van der Waals surface area contributed by atoms with Gasteiger partial charge in [-0.1, -0.05) is 12.1 Å². The highest BCUT2D eigenvalue weighted by Crippen LogP contribution is 2.43. The first kappa shape index (κ1) is 21.3. The van der Waals surface area contributed by atoms with Crippen LogP contribution in [0.3, 0.4) is 0 Å². The molecule has 1 saturated heterocycles. The van der Waals surface area contributed by atoms with Crippen molar-refractivity contribution in [1.29, 1.82) is 0 Å². The van der Waals surface area contributed by atoms with Crippen LogP contribution in [-0.2, 0) is 0 Å². The van der Waals surface area contributed by atoms with Gasteiger partial charge in [0.15, 0.2) is 5.11 Å². The zero-order chi connectivity index (χ0) is 23.1. The number of hydrogen-bond acceptors (Lipinski definition) is 2. The summed E-state index contributed by atoms with van der Waals surface area (Å²) >= 11 is 5.74. The maximum atomic E-state index is 14.0. The molecule has 1 aliphatic heterocycles. The monoisotopic (exact) mass is 460 g/mol. The average molecular weight is 461 g/mol. The molecule has 2 atom stereocenters. The molecule has 166 valence electrons. The third-order valence-electron chi connectivity index (χ3n) is 6.06. The second-order valence-electron chi connectivity index (χ2n) is 8.11. The van der Waals surface area contributed by atoms with Gasteiger partial charge in [0.25, 0.3) is 0 Å². The van der Waals surface area contributed by atoms with Crippen LogP contribution in [-0.4, -0.2) is 14.7 Å². The molecular formula is C26H22F2N4S. The van der Waals surface area contributed by atoms with Gasteiger partial charge in [-0.25, -0.2) is 8.78 Å². The summed E-state index contributed by atoms with van der Waals surface area (Å²) in [6.45, 7) is 4.02. The maximum Gasteiger partial charge on any atom is 0.174 e. The lowest BCUT2D eigenvalue weighted by molar-refractivity contribution is 0.565. The maximum absolute atomic E-state index is 14.0. The number of benzene rings is 2. The van der Waals surface area contributed by atoms with E-state index in [4.69, 9.17) is 12.2 Å². The van der Waals surface area contributed by atoms with Crippen LogP contribution in [0.2, 0.25) is 0 Å². The molecular weight excluding hydrogens is 438 g/mol. The Morgan fingerprint density at radius 2 is 1.67 bits per heavy atom. The smallest absolute Gasteiger partial charge is 0.174 e. The molecule has 1 aliphatic rings. The van der Waals surface area contributed by atoms with Crippen molar-refractivity contribution in [3.8, 4) is 5.69 Å². The summed E-state index contributed by atoms with van der Waals surface area (Å²) in [6, 6.07) is 20.3. The molecule has 0 aliphatic carbocycles. The molecule has 2 aromatic carbocycles. The van der Waals surface area contributed by atoms with Crippen molar-refractivity contribution in [1.82, 2.24) is 14.9 Å². The fourth-order valence-corrected chi connectivity index (χ4v) is 5.00. The molecule has 7 heteroatoms. The fraction of sp³-hybridized carbons (Fsp3) is 0.154. The number of hydrogen-bond donors (Lipinski definition) is 1. The highest BCUT2D eigenvalue weighted by Gasteiger charge is 2.42. The lowest BCUT2D eigenvalue weighted by Crippen LogP contribution is -2.29. The van der Waals surface area contributed by atoms with Gasteiger partial charge in [-0.15, -0.1) is 0 Å². The number of nitrogens with zero attached hydrogens (tertiary/aromatic N) is 3. The second-order valence-corrected chi connectivity index (χ2v) is 8.50. The predicted molar refractivity (Wildman–Crippen MR) is 130 cm³/mol. The van der Waals surface area contributed by atoms with Crippen LogP contribution in [0.25, 0.3) is 5.69 Å². The molecule has 0 radical (unpaired) electrons. The standard InChI is InChI=1S/C26H22F2N4S/c1-16-14-22(17(2)31(16)21-7-5-6-19(28)15-21)25-24(23-8-3-4-13-29-23)30-26(33)32(25)20-11-9-18(27)10-12-20/h3-15,24-25H,1-2H3,(H,30,33)/t24-,25-/m1/s1. The number of aryl methyl sites for hydroxylation is 1. The molecule has 4 aromatic rings. The van der Waals surface area contributed by atoms with Gasteiger partial charge < -0.3 is 14.8 Å². The van der Waals surface area contributed by atoms with Crippen LogP contribution in [0.15, 0.2) is 79.0 Å². The fourth-order valence-electron chi connectivity index (χ4n) is 4.65. The Labute approximate surface area is 196 Å². The molecule has 0 saturated carbocycles. The summed E-state index contributed by atoms with van der Waals surface area (Å²) in [5.74, 6) is -0.594. The summed E-state index contributed by atoms with van der Waals surface area (Å²) in [7, 11) is 0. The van der Waals surface area contributed by atoms with Crippen LogP contribution < -0.4 is 10.2 Å². The first-order valence-corrected chi connectivity index (χ1v) is 11.1. The summed E-state index contributed by atoms with van der Waals surface area (Å²) < 4.78 is 29.7. The van der Waals surface area contributed by atoms with E-state index in [0.717, 1.165) is 34.0 Å². The van der Waals surface area contributed by atoms with Crippen LogP contribution >= 0.6 is 12.2 Å². The summed E-state index contributed by atoms with van der Waals surface area (Å²) in [6.07, 6.45) is 1.76. The number of rotatable bonds is 4. The lowest BCUT2D eigenvalue weighted by Gasteiger charge is -2.28. The molecule has 2 aromatic heterocycles. The third kappa shape index (κ3) is 3.78. The predicted octanol–water partition coefficient (Wildman–Crippen LogP) is 5.94. The van der Waals surface area contributed by atoms with E-state index in [1.54, 1.807) is 24.4 Å². The van der Waals surface area contributed by atoms with Gasteiger partial charge >= 0.3 is 0 Å². The van der Waals surface area contributed by atoms with Gasteiger partial charge in [-0.3, -0.25) is 4.98 Å². The quantitative estimate of drug-likeness (QED) is 0.382. The number of thiocarbonyl (C=S) groups is 1. The molecule has 3 heterocycles. The molecule has 0 amide bonds. The molecule has 5 rings (SSSR count). The molecule has 0 unspecified atom stereocenters. The summed E-state index contributed by atoms with van der Waals surface area (Å²) in [5.41, 5.74) is 5.38. The molecule has 4 nitrogen and oxygen atoms in total. The van der Waals surface area contributed by atoms with Crippen molar-refractivity contribution in [3.63, 3.8) is 0 Å². The Morgan fingerprint density at radius 1 is 0.879 bits per heavy atom. The first-order chi connectivity index (χ1) is 15.9. The van der Waals surface area contributed by atoms with Crippen LogP contribution in [0.5, 0.6) is 0 Å². The van der Waals surface area contributed by atoms with Crippen molar-refractivity contribution >= 4 is 23.0 Å². The number of nitrogens with one attached hydrogen (secondary N) is 1.